The first-order chi connectivity index (χ1) is 6.54. The summed E-state index contributed by atoms with van der Waals surface area (Å²) in [4.78, 5) is 11.0. The minimum atomic E-state index is -0.636. The Bertz CT molecular complexity index is 352. The van der Waals surface area contributed by atoms with Crippen molar-refractivity contribution in [2.45, 2.75) is 13.0 Å². The summed E-state index contributed by atoms with van der Waals surface area (Å²) in [5.74, 6) is 0.499. The minimum Gasteiger partial charge on any atom is -0.497 e. The van der Waals surface area contributed by atoms with Crippen molar-refractivity contribution in [3.05, 3.63) is 28.8 Å². The molecule has 1 aromatic rings. The molecule has 0 spiro atoms. The fourth-order valence-corrected chi connectivity index (χ4v) is 1.35. The summed E-state index contributed by atoms with van der Waals surface area (Å²) in [6.45, 7) is 1.44. The van der Waals surface area contributed by atoms with Crippen LogP contribution in [0.1, 0.15) is 18.5 Å². The van der Waals surface area contributed by atoms with Crippen LogP contribution in [0.5, 0.6) is 5.75 Å². The molecule has 1 aromatic carbocycles. The van der Waals surface area contributed by atoms with Crippen LogP contribution in [0.4, 0.5) is 0 Å². The van der Waals surface area contributed by atoms with Gasteiger partial charge in [-0.15, -0.1) is 0 Å². The Morgan fingerprint density at radius 3 is 2.64 bits per heavy atom. The average Bonchev–Trinajstić information content (AvgIpc) is 2.15. The Balaban J connectivity index is 3.08. The molecule has 2 N–H and O–H groups in total. The molecule has 0 aliphatic carbocycles. The SMILES string of the molecule is COc1cc(Cl)cc(C(N)C(C)=O)c1. The third-order valence-corrected chi connectivity index (χ3v) is 2.14. The number of carbonyl (C=O) groups excluding carboxylic acids is 1. The van der Waals surface area contributed by atoms with Gasteiger partial charge in [0, 0.05) is 5.02 Å². The van der Waals surface area contributed by atoms with Crippen molar-refractivity contribution in [1.82, 2.24) is 0 Å². The van der Waals surface area contributed by atoms with Gasteiger partial charge in [0.25, 0.3) is 0 Å². The minimum absolute atomic E-state index is 0.102. The third-order valence-electron chi connectivity index (χ3n) is 1.93. The number of methoxy groups -OCH3 is 1. The van der Waals surface area contributed by atoms with Gasteiger partial charge in [0.05, 0.1) is 13.2 Å². The standard InChI is InChI=1S/C10H12ClNO2/c1-6(13)10(12)7-3-8(11)5-9(4-7)14-2/h3-5,10H,12H2,1-2H3. The molecule has 4 heteroatoms. The highest BCUT2D eigenvalue weighted by Gasteiger charge is 2.12. The van der Waals surface area contributed by atoms with E-state index < -0.39 is 6.04 Å². The molecule has 1 rings (SSSR count). The first kappa shape index (κ1) is 11.0. The maximum absolute atomic E-state index is 11.0. The monoisotopic (exact) mass is 213 g/mol. The summed E-state index contributed by atoms with van der Waals surface area (Å²) < 4.78 is 5.01. The topological polar surface area (TPSA) is 52.3 Å². The summed E-state index contributed by atoms with van der Waals surface area (Å²) >= 11 is 5.83. The highest BCUT2D eigenvalue weighted by Crippen LogP contribution is 2.24. The van der Waals surface area contributed by atoms with E-state index in [9.17, 15) is 4.79 Å². The molecule has 1 atom stereocenters. The van der Waals surface area contributed by atoms with Crippen LogP contribution in [0.2, 0.25) is 5.02 Å². The van der Waals surface area contributed by atoms with Gasteiger partial charge < -0.3 is 10.5 Å². The number of nitrogens with two attached hydrogens (primary N) is 1. The maximum atomic E-state index is 11.0. The van der Waals surface area contributed by atoms with Gasteiger partial charge in [0.2, 0.25) is 0 Å². The number of ketones is 1. The number of hydrogen-bond donors (Lipinski definition) is 1. The van der Waals surface area contributed by atoms with Gasteiger partial charge in [0.15, 0.2) is 5.78 Å². The quantitative estimate of drug-likeness (QED) is 0.835. The van der Waals surface area contributed by atoms with E-state index in [1.54, 1.807) is 18.2 Å². The number of benzene rings is 1. The van der Waals surface area contributed by atoms with E-state index in [0.29, 0.717) is 16.3 Å². The molecule has 0 saturated carbocycles. The van der Waals surface area contributed by atoms with Gasteiger partial charge in [-0.25, -0.2) is 0 Å². The normalized spacial score (nSPS) is 12.3. The molecule has 3 nitrogen and oxygen atoms in total. The van der Waals surface area contributed by atoms with Crippen molar-refractivity contribution < 1.29 is 9.53 Å². The van der Waals surface area contributed by atoms with Crippen LogP contribution in [0, 0.1) is 0 Å². The fraction of sp³-hybridized carbons (Fsp3) is 0.300. The van der Waals surface area contributed by atoms with E-state index in [2.05, 4.69) is 0 Å². The molecule has 0 fully saturated rings. The van der Waals surface area contributed by atoms with Crippen molar-refractivity contribution in [3.8, 4) is 5.75 Å². The third kappa shape index (κ3) is 2.47. The second kappa shape index (κ2) is 4.44. The van der Waals surface area contributed by atoms with Crippen molar-refractivity contribution in [1.29, 1.82) is 0 Å². The Morgan fingerprint density at radius 2 is 2.14 bits per heavy atom. The first-order valence-corrected chi connectivity index (χ1v) is 4.53. The predicted octanol–water partition coefficient (Wildman–Crippen LogP) is 1.94. The lowest BCUT2D eigenvalue weighted by Crippen LogP contribution is -2.18. The smallest absolute Gasteiger partial charge is 0.150 e. The average molecular weight is 214 g/mol. The predicted molar refractivity (Wildman–Crippen MR) is 55.6 cm³/mol. The first-order valence-electron chi connectivity index (χ1n) is 4.15. The molecule has 1 unspecified atom stereocenters. The van der Waals surface area contributed by atoms with E-state index >= 15 is 0 Å². The lowest BCUT2D eigenvalue weighted by atomic mass is 10.0. The van der Waals surface area contributed by atoms with E-state index in [4.69, 9.17) is 22.1 Å². The lowest BCUT2D eigenvalue weighted by molar-refractivity contribution is -0.118. The summed E-state index contributed by atoms with van der Waals surface area (Å²) in [7, 11) is 1.54. The molecule has 0 aliphatic heterocycles. The molecule has 0 amide bonds. The van der Waals surface area contributed by atoms with Crippen LogP contribution in [-0.4, -0.2) is 12.9 Å². The van der Waals surface area contributed by atoms with Crippen LogP contribution < -0.4 is 10.5 Å². The number of ether oxygens (including phenoxy) is 1. The molecular weight excluding hydrogens is 202 g/mol. The molecular formula is C10H12ClNO2. The summed E-state index contributed by atoms with van der Waals surface area (Å²) in [5.41, 5.74) is 6.33. The molecule has 0 bridgehead atoms. The van der Waals surface area contributed by atoms with Crippen LogP contribution in [0.25, 0.3) is 0 Å². The zero-order chi connectivity index (χ0) is 10.7. The Hall–Kier alpha value is -1.06. The molecule has 0 heterocycles. The van der Waals surface area contributed by atoms with Gasteiger partial charge >= 0.3 is 0 Å². The Labute approximate surface area is 87.8 Å². The largest absolute Gasteiger partial charge is 0.497 e. The number of hydrogen-bond acceptors (Lipinski definition) is 3. The zero-order valence-corrected chi connectivity index (χ0v) is 8.84. The molecule has 0 saturated heterocycles. The molecule has 0 aromatic heterocycles. The van der Waals surface area contributed by atoms with Gasteiger partial charge in [0.1, 0.15) is 5.75 Å². The Kier molecular flexibility index (Phi) is 3.49. The maximum Gasteiger partial charge on any atom is 0.150 e. The molecule has 14 heavy (non-hydrogen) atoms. The van der Waals surface area contributed by atoms with E-state index in [0.717, 1.165) is 0 Å². The molecule has 76 valence electrons. The van der Waals surface area contributed by atoms with E-state index in [1.807, 2.05) is 0 Å². The highest BCUT2D eigenvalue weighted by atomic mass is 35.5. The molecule has 0 radical (unpaired) electrons. The fourth-order valence-electron chi connectivity index (χ4n) is 1.12. The Morgan fingerprint density at radius 1 is 1.50 bits per heavy atom. The highest BCUT2D eigenvalue weighted by molar-refractivity contribution is 6.30. The van der Waals surface area contributed by atoms with Crippen LogP contribution in [-0.2, 0) is 4.79 Å². The van der Waals surface area contributed by atoms with E-state index in [-0.39, 0.29) is 5.78 Å². The number of carbonyl (C=O) groups is 1. The number of halogens is 1. The summed E-state index contributed by atoms with van der Waals surface area (Å²) in [5, 5.41) is 0.510. The second-order valence-corrected chi connectivity index (χ2v) is 3.45. The van der Waals surface area contributed by atoms with Gasteiger partial charge in [-0.2, -0.15) is 0 Å². The second-order valence-electron chi connectivity index (χ2n) is 3.01. The van der Waals surface area contributed by atoms with E-state index in [1.165, 1.54) is 14.0 Å². The zero-order valence-electron chi connectivity index (χ0n) is 8.08. The van der Waals surface area contributed by atoms with Gasteiger partial charge in [-0.1, -0.05) is 11.6 Å². The van der Waals surface area contributed by atoms with Crippen molar-refractivity contribution in [2.75, 3.05) is 7.11 Å². The summed E-state index contributed by atoms with van der Waals surface area (Å²) in [6, 6.07) is 4.40. The lowest BCUT2D eigenvalue weighted by Gasteiger charge is -2.10. The summed E-state index contributed by atoms with van der Waals surface area (Å²) in [6.07, 6.45) is 0. The van der Waals surface area contributed by atoms with Gasteiger partial charge in [-0.05, 0) is 30.7 Å². The molecule has 0 aliphatic rings. The van der Waals surface area contributed by atoms with Crippen LogP contribution in [0.3, 0.4) is 0 Å². The van der Waals surface area contributed by atoms with Crippen LogP contribution in [0.15, 0.2) is 18.2 Å². The number of Topliss-reactive ketones (excluding diaryl/α,β-unsaturated/α-hetero) is 1. The van der Waals surface area contributed by atoms with Gasteiger partial charge in [-0.3, -0.25) is 4.79 Å². The van der Waals surface area contributed by atoms with Crippen LogP contribution >= 0.6 is 11.6 Å². The van der Waals surface area contributed by atoms with Crippen molar-refractivity contribution in [3.63, 3.8) is 0 Å². The van der Waals surface area contributed by atoms with Crippen molar-refractivity contribution >= 4 is 17.4 Å². The number of rotatable bonds is 3. The van der Waals surface area contributed by atoms with Crippen molar-refractivity contribution in [2.24, 2.45) is 5.73 Å².